The third kappa shape index (κ3) is 4.49. The van der Waals surface area contributed by atoms with Crippen LogP contribution in [0.1, 0.15) is 40.5 Å². The average Bonchev–Trinajstić information content (AvgIpc) is 2.27. The Morgan fingerprint density at radius 2 is 1.83 bits per heavy atom. The van der Waals surface area contributed by atoms with Crippen molar-refractivity contribution < 1.29 is 14.7 Å². The number of hydrogen-bond donors (Lipinski definition) is 3. The van der Waals surface area contributed by atoms with E-state index >= 15 is 0 Å². The number of nitrogens with two attached hydrogens (primary N) is 1. The molecule has 1 unspecified atom stereocenters. The third-order valence-electron chi connectivity index (χ3n) is 2.81. The van der Waals surface area contributed by atoms with Gasteiger partial charge < -0.3 is 16.2 Å². The minimum absolute atomic E-state index is 0.0386. The summed E-state index contributed by atoms with van der Waals surface area (Å²) in [6, 6.07) is 0. The first kappa shape index (κ1) is 16.6. The molecular weight excluding hydrogens is 232 g/mol. The normalized spacial score (nSPS) is 14.8. The molecule has 0 heterocycles. The summed E-state index contributed by atoms with van der Waals surface area (Å²) in [6.45, 7) is 7.26. The minimum Gasteiger partial charge on any atom is -0.401 e. The minimum atomic E-state index is -0.811. The average molecular weight is 256 g/mol. The first-order valence-corrected chi connectivity index (χ1v) is 6.07. The Labute approximate surface area is 108 Å². The van der Waals surface area contributed by atoms with Gasteiger partial charge in [0.2, 0.25) is 0 Å². The maximum absolute atomic E-state index is 12.0. The Hall–Kier alpha value is -1.36. The number of likely N-dealkylation sites (N-methyl/N-ethyl adjacent to an activating group) is 1. The summed E-state index contributed by atoms with van der Waals surface area (Å²) in [5.41, 5.74) is 5.50. The van der Waals surface area contributed by atoms with Crippen molar-refractivity contribution in [2.24, 2.45) is 11.1 Å². The van der Waals surface area contributed by atoms with Crippen LogP contribution in [0.3, 0.4) is 0 Å². The highest BCUT2D eigenvalue weighted by atomic mass is 16.3. The van der Waals surface area contributed by atoms with Crippen LogP contribution in [0.15, 0.2) is 11.3 Å². The number of rotatable bonds is 5. The second-order valence-electron chi connectivity index (χ2n) is 5.34. The van der Waals surface area contributed by atoms with Crippen molar-refractivity contribution in [2.75, 3.05) is 7.05 Å². The van der Waals surface area contributed by atoms with E-state index < -0.39 is 23.2 Å². The number of aliphatic hydroxyl groups excluding tert-OH is 1. The van der Waals surface area contributed by atoms with Gasteiger partial charge in [0.25, 0.3) is 5.91 Å². The largest absolute Gasteiger partial charge is 0.401 e. The molecule has 5 nitrogen and oxygen atoms in total. The lowest BCUT2D eigenvalue weighted by atomic mass is 9.85. The molecule has 0 bridgehead atoms. The number of carbonyl (C=O) groups is 2. The van der Waals surface area contributed by atoms with Gasteiger partial charge in [-0.3, -0.25) is 9.59 Å². The van der Waals surface area contributed by atoms with Crippen LogP contribution in [-0.4, -0.2) is 29.9 Å². The number of allylic oxidation sites excluding steroid dienone is 1. The molecule has 5 heteroatoms. The SMILES string of the molecule is CCC(N)=C(C(=O)CC(O)C(C)(C)C)C(=O)NC. The molecule has 1 amide bonds. The zero-order valence-corrected chi connectivity index (χ0v) is 11.8. The van der Waals surface area contributed by atoms with Crippen LogP contribution in [-0.2, 0) is 9.59 Å². The fourth-order valence-corrected chi connectivity index (χ4v) is 1.34. The number of nitrogens with one attached hydrogen (secondary N) is 1. The van der Waals surface area contributed by atoms with Crippen molar-refractivity contribution in [1.29, 1.82) is 0 Å². The van der Waals surface area contributed by atoms with Crippen LogP contribution < -0.4 is 11.1 Å². The summed E-state index contributed by atoms with van der Waals surface area (Å²) >= 11 is 0. The first-order chi connectivity index (χ1) is 8.15. The number of amides is 1. The molecule has 0 aliphatic heterocycles. The number of hydrogen-bond acceptors (Lipinski definition) is 4. The number of aliphatic hydroxyl groups is 1. The molecule has 0 aromatic heterocycles. The fourth-order valence-electron chi connectivity index (χ4n) is 1.34. The van der Waals surface area contributed by atoms with Crippen LogP contribution in [0.4, 0.5) is 0 Å². The molecule has 0 radical (unpaired) electrons. The molecule has 1 atom stereocenters. The van der Waals surface area contributed by atoms with Crippen LogP contribution in [0, 0.1) is 5.41 Å². The summed E-state index contributed by atoms with van der Waals surface area (Å²) in [7, 11) is 1.44. The highest BCUT2D eigenvalue weighted by molar-refractivity contribution is 6.19. The monoisotopic (exact) mass is 256 g/mol. The van der Waals surface area contributed by atoms with E-state index in [2.05, 4.69) is 5.32 Å². The molecule has 0 aromatic carbocycles. The van der Waals surface area contributed by atoms with Gasteiger partial charge in [0.15, 0.2) is 5.78 Å². The van der Waals surface area contributed by atoms with Crippen LogP contribution in [0.2, 0.25) is 0 Å². The van der Waals surface area contributed by atoms with Gasteiger partial charge >= 0.3 is 0 Å². The summed E-state index contributed by atoms with van der Waals surface area (Å²) in [6.07, 6.45) is -0.498. The Balaban J connectivity index is 5.09. The quantitative estimate of drug-likeness (QED) is 0.384. The van der Waals surface area contributed by atoms with Gasteiger partial charge in [-0.1, -0.05) is 27.7 Å². The maximum Gasteiger partial charge on any atom is 0.256 e. The lowest BCUT2D eigenvalue weighted by Gasteiger charge is -2.25. The molecule has 0 saturated carbocycles. The first-order valence-electron chi connectivity index (χ1n) is 6.07. The van der Waals surface area contributed by atoms with Crippen LogP contribution >= 0.6 is 0 Å². The summed E-state index contributed by atoms with van der Waals surface area (Å²) in [4.78, 5) is 23.7. The number of carbonyl (C=O) groups excluding carboxylic acids is 2. The predicted molar refractivity (Wildman–Crippen MR) is 70.7 cm³/mol. The van der Waals surface area contributed by atoms with Gasteiger partial charge in [-0.05, 0) is 11.8 Å². The molecule has 0 rings (SSSR count). The third-order valence-corrected chi connectivity index (χ3v) is 2.81. The molecule has 0 saturated heterocycles. The van der Waals surface area contributed by atoms with Crippen LogP contribution in [0.25, 0.3) is 0 Å². The summed E-state index contributed by atoms with van der Waals surface area (Å²) in [5, 5.41) is 12.3. The lowest BCUT2D eigenvalue weighted by molar-refractivity contribution is -0.124. The lowest BCUT2D eigenvalue weighted by Crippen LogP contribution is -2.33. The van der Waals surface area contributed by atoms with Gasteiger partial charge in [-0.15, -0.1) is 0 Å². The van der Waals surface area contributed by atoms with Gasteiger partial charge in [0.05, 0.1) is 6.10 Å². The molecule has 0 fully saturated rings. The fraction of sp³-hybridized carbons (Fsp3) is 0.692. The van der Waals surface area contributed by atoms with Crippen molar-refractivity contribution >= 4 is 11.7 Å². The molecule has 0 aliphatic carbocycles. The zero-order chi connectivity index (χ0) is 14.5. The Morgan fingerprint density at radius 3 is 2.17 bits per heavy atom. The van der Waals surface area contributed by atoms with E-state index in [1.165, 1.54) is 7.05 Å². The van der Waals surface area contributed by atoms with Gasteiger partial charge in [0.1, 0.15) is 5.57 Å². The van der Waals surface area contributed by atoms with E-state index in [9.17, 15) is 14.7 Å². The predicted octanol–water partition coefficient (Wildman–Crippen LogP) is 0.721. The molecule has 18 heavy (non-hydrogen) atoms. The summed E-state index contributed by atoms with van der Waals surface area (Å²) < 4.78 is 0. The Morgan fingerprint density at radius 1 is 1.33 bits per heavy atom. The second-order valence-corrected chi connectivity index (χ2v) is 5.34. The van der Waals surface area contributed by atoms with Gasteiger partial charge in [0, 0.05) is 19.2 Å². The zero-order valence-electron chi connectivity index (χ0n) is 11.8. The highest BCUT2D eigenvalue weighted by Crippen LogP contribution is 2.23. The van der Waals surface area contributed by atoms with Crippen molar-refractivity contribution in [2.45, 2.75) is 46.6 Å². The molecular formula is C13H24N2O3. The second kappa shape index (κ2) is 6.54. The van der Waals surface area contributed by atoms with Crippen molar-refractivity contribution in [3.8, 4) is 0 Å². The molecule has 0 spiro atoms. The standard InChI is InChI=1S/C13H24N2O3/c1-6-8(14)11(12(18)15-5)9(16)7-10(17)13(2,3)4/h10,17H,6-7,14H2,1-5H3,(H,15,18). The van der Waals surface area contributed by atoms with E-state index in [1.807, 2.05) is 20.8 Å². The van der Waals surface area contributed by atoms with Gasteiger partial charge in [-0.2, -0.15) is 0 Å². The van der Waals surface area contributed by atoms with Crippen molar-refractivity contribution in [3.63, 3.8) is 0 Å². The number of Topliss-reactive ketones (excluding diaryl/α,β-unsaturated/α-hetero) is 1. The summed E-state index contributed by atoms with van der Waals surface area (Å²) in [5.74, 6) is -0.920. The molecule has 0 aromatic rings. The van der Waals surface area contributed by atoms with Crippen molar-refractivity contribution in [3.05, 3.63) is 11.3 Å². The van der Waals surface area contributed by atoms with E-state index in [0.717, 1.165) is 0 Å². The van der Waals surface area contributed by atoms with E-state index in [-0.39, 0.29) is 17.7 Å². The molecule has 0 aliphatic rings. The number of ketones is 1. The topological polar surface area (TPSA) is 92.4 Å². The molecule has 4 N–H and O–H groups in total. The van der Waals surface area contributed by atoms with Crippen LogP contribution in [0.5, 0.6) is 0 Å². The van der Waals surface area contributed by atoms with Gasteiger partial charge in [-0.25, -0.2) is 0 Å². The Bertz CT molecular complexity index is 354. The van der Waals surface area contributed by atoms with E-state index in [1.54, 1.807) is 6.92 Å². The smallest absolute Gasteiger partial charge is 0.256 e. The van der Waals surface area contributed by atoms with Crippen molar-refractivity contribution in [1.82, 2.24) is 5.32 Å². The Kier molecular flexibility index (Phi) is 6.05. The maximum atomic E-state index is 12.0. The highest BCUT2D eigenvalue weighted by Gasteiger charge is 2.28. The van der Waals surface area contributed by atoms with E-state index in [4.69, 9.17) is 5.73 Å². The molecule has 104 valence electrons. The van der Waals surface area contributed by atoms with E-state index in [0.29, 0.717) is 6.42 Å².